The Kier molecular flexibility index (Phi) is 4.77. The highest BCUT2D eigenvalue weighted by atomic mass is 15.3. The van der Waals surface area contributed by atoms with E-state index in [0.29, 0.717) is 13.0 Å². The van der Waals surface area contributed by atoms with E-state index in [1.807, 2.05) is 48.0 Å². The first-order valence-corrected chi connectivity index (χ1v) is 7.30. The molecule has 0 amide bonds. The van der Waals surface area contributed by atoms with Crippen molar-refractivity contribution >= 4 is 0 Å². The zero-order valence-corrected chi connectivity index (χ0v) is 12.9. The van der Waals surface area contributed by atoms with Crippen molar-refractivity contribution in [1.29, 1.82) is 5.26 Å². The van der Waals surface area contributed by atoms with Crippen LogP contribution in [0.15, 0.2) is 42.6 Å². The van der Waals surface area contributed by atoms with Gasteiger partial charge in [-0.05, 0) is 32.4 Å². The molecule has 2 aromatic rings. The predicted molar refractivity (Wildman–Crippen MR) is 83.6 cm³/mol. The minimum atomic E-state index is -0.687. The molecule has 0 radical (unpaired) electrons. The fraction of sp³-hybridized carbons (Fsp3) is 0.412. The van der Waals surface area contributed by atoms with Crippen molar-refractivity contribution in [3.8, 4) is 6.07 Å². The molecule has 0 aliphatic carbocycles. The smallest absolute Gasteiger partial charge is 0.134 e. The molecule has 1 aromatic carbocycles. The minimum absolute atomic E-state index is 0.226. The number of nitrogens with zero attached hydrogens (tertiary/aromatic N) is 3. The van der Waals surface area contributed by atoms with Gasteiger partial charge >= 0.3 is 0 Å². The Balaban J connectivity index is 2.28. The summed E-state index contributed by atoms with van der Waals surface area (Å²) in [4.78, 5) is 0. The van der Waals surface area contributed by atoms with Gasteiger partial charge in [0.15, 0.2) is 0 Å². The summed E-state index contributed by atoms with van der Waals surface area (Å²) in [5.74, 6) is 0. The number of nitrogens with one attached hydrogen (secondary N) is 1. The monoisotopic (exact) mass is 282 g/mol. The minimum Gasteiger partial charge on any atom is -0.293 e. The third-order valence-electron chi connectivity index (χ3n) is 3.62. The molecule has 0 saturated carbocycles. The molecule has 2 rings (SSSR count). The topological polar surface area (TPSA) is 53.6 Å². The number of aryl methyl sites for hydroxylation is 2. The first-order valence-electron chi connectivity index (χ1n) is 7.30. The maximum atomic E-state index is 9.83. The Morgan fingerprint density at radius 2 is 2.00 bits per heavy atom. The van der Waals surface area contributed by atoms with Gasteiger partial charge in [0.05, 0.1) is 6.07 Å². The molecule has 0 aliphatic rings. The molecule has 0 spiro atoms. The second-order valence-electron chi connectivity index (χ2n) is 5.63. The SMILES string of the molecule is Cc1ccnn1CCC(C#N)(NC(C)C)c1ccccc1. The number of benzene rings is 1. The largest absolute Gasteiger partial charge is 0.293 e. The van der Waals surface area contributed by atoms with Crippen LogP contribution < -0.4 is 5.32 Å². The van der Waals surface area contributed by atoms with Gasteiger partial charge in [0.1, 0.15) is 5.54 Å². The molecular formula is C17H22N4. The van der Waals surface area contributed by atoms with E-state index in [1.165, 1.54) is 0 Å². The zero-order valence-electron chi connectivity index (χ0n) is 12.9. The van der Waals surface area contributed by atoms with Gasteiger partial charge in [0, 0.05) is 30.9 Å². The van der Waals surface area contributed by atoms with Crippen LogP contribution in [-0.4, -0.2) is 15.8 Å². The lowest BCUT2D eigenvalue weighted by Gasteiger charge is -2.31. The second kappa shape index (κ2) is 6.55. The molecule has 1 aromatic heterocycles. The summed E-state index contributed by atoms with van der Waals surface area (Å²) in [5, 5.41) is 17.6. The lowest BCUT2D eigenvalue weighted by Crippen LogP contribution is -2.45. The number of rotatable bonds is 6. The van der Waals surface area contributed by atoms with Gasteiger partial charge in [-0.2, -0.15) is 10.4 Å². The van der Waals surface area contributed by atoms with Gasteiger partial charge in [-0.3, -0.25) is 10.00 Å². The molecule has 110 valence electrons. The molecule has 1 unspecified atom stereocenters. The standard InChI is InChI=1S/C17H22N4/c1-14(2)20-17(13-18,16-7-5-4-6-8-16)10-12-21-15(3)9-11-19-21/h4-9,11,14,20H,10,12H2,1-3H3. The zero-order chi connectivity index (χ0) is 15.3. The normalized spacial score (nSPS) is 13.9. The van der Waals surface area contributed by atoms with Crippen LogP contribution in [0, 0.1) is 18.3 Å². The molecule has 1 atom stereocenters. The van der Waals surface area contributed by atoms with E-state index in [9.17, 15) is 5.26 Å². The van der Waals surface area contributed by atoms with Crippen LogP contribution in [0.25, 0.3) is 0 Å². The Labute approximate surface area is 126 Å². The van der Waals surface area contributed by atoms with Crippen molar-refractivity contribution in [2.24, 2.45) is 0 Å². The fourth-order valence-electron chi connectivity index (χ4n) is 2.57. The Morgan fingerprint density at radius 1 is 1.29 bits per heavy atom. The molecule has 0 aliphatic heterocycles. The lowest BCUT2D eigenvalue weighted by atomic mass is 9.87. The van der Waals surface area contributed by atoms with Crippen LogP contribution in [-0.2, 0) is 12.1 Å². The summed E-state index contributed by atoms with van der Waals surface area (Å²) in [6, 6.07) is 14.6. The first kappa shape index (κ1) is 15.3. The highest BCUT2D eigenvalue weighted by Gasteiger charge is 2.32. The van der Waals surface area contributed by atoms with Crippen molar-refractivity contribution in [2.75, 3.05) is 0 Å². The molecule has 0 fully saturated rings. The molecule has 0 saturated heterocycles. The number of hydrogen-bond acceptors (Lipinski definition) is 3. The van der Waals surface area contributed by atoms with Gasteiger partial charge in [-0.25, -0.2) is 0 Å². The summed E-state index contributed by atoms with van der Waals surface area (Å²) in [5.41, 5.74) is 1.43. The van der Waals surface area contributed by atoms with Crippen LogP contribution in [0.4, 0.5) is 0 Å². The second-order valence-corrected chi connectivity index (χ2v) is 5.63. The highest BCUT2D eigenvalue weighted by molar-refractivity contribution is 5.31. The molecule has 4 nitrogen and oxygen atoms in total. The number of nitriles is 1. The highest BCUT2D eigenvalue weighted by Crippen LogP contribution is 2.26. The van der Waals surface area contributed by atoms with Crippen LogP contribution in [0.5, 0.6) is 0 Å². The summed E-state index contributed by atoms with van der Waals surface area (Å²) in [7, 11) is 0. The maximum Gasteiger partial charge on any atom is 0.134 e. The van der Waals surface area contributed by atoms with Gasteiger partial charge in [-0.1, -0.05) is 30.3 Å². The molecule has 1 heterocycles. The van der Waals surface area contributed by atoms with Crippen LogP contribution in [0.3, 0.4) is 0 Å². The molecule has 4 heteroatoms. The van der Waals surface area contributed by atoms with Gasteiger partial charge < -0.3 is 0 Å². The summed E-state index contributed by atoms with van der Waals surface area (Å²) in [6.45, 7) is 6.86. The summed E-state index contributed by atoms with van der Waals surface area (Å²) in [6.07, 6.45) is 2.47. The Hall–Kier alpha value is -2.12. The Bertz CT molecular complexity index is 609. The van der Waals surface area contributed by atoms with E-state index in [-0.39, 0.29) is 6.04 Å². The first-order chi connectivity index (χ1) is 10.1. The fourth-order valence-corrected chi connectivity index (χ4v) is 2.57. The number of aromatic nitrogens is 2. The van der Waals surface area contributed by atoms with Crippen molar-refractivity contribution in [2.45, 2.75) is 45.3 Å². The maximum absolute atomic E-state index is 9.83. The van der Waals surface area contributed by atoms with Gasteiger partial charge in [0.2, 0.25) is 0 Å². The van der Waals surface area contributed by atoms with E-state index >= 15 is 0 Å². The van der Waals surface area contributed by atoms with E-state index < -0.39 is 5.54 Å². The van der Waals surface area contributed by atoms with Crippen LogP contribution in [0.1, 0.15) is 31.5 Å². The molecule has 0 bridgehead atoms. The van der Waals surface area contributed by atoms with E-state index in [1.54, 1.807) is 6.20 Å². The van der Waals surface area contributed by atoms with Crippen molar-refractivity contribution in [3.63, 3.8) is 0 Å². The third kappa shape index (κ3) is 3.50. The van der Waals surface area contributed by atoms with Crippen LogP contribution in [0.2, 0.25) is 0 Å². The van der Waals surface area contributed by atoms with Gasteiger partial charge in [0.25, 0.3) is 0 Å². The van der Waals surface area contributed by atoms with Gasteiger partial charge in [-0.15, -0.1) is 0 Å². The predicted octanol–water partition coefficient (Wildman–Crippen LogP) is 3.00. The summed E-state index contributed by atoms with van der Waals surface area (Å²) >= 11 is 0. The third-order valence-corrected chi connectivity index (χ3v) is 3.62. The van der Waals surface area contributed by atoms with Crippen molar-refractivity contribution in [1.82, 2.24) is 15.1 Å². The van der Waals surface area contributed by atoms with Crippen LogP contribution >= 0.6 is 0 Å². The quantitative estimate of drug-likeness (QED) is 0.886. The average Bonchev–Trinajstić information content (AvgIpc) is 2.89. The number of hydrogen-bond donors (Lipinski definition) is 1. The lowest BCUT2D eigenvalue weighted by molar-refractivity contribution is 0.336. The molecular weight excluding hydrogens is 260 g/mol. The van der Waals surface area contributed by atoms with Crippen molar-refractivity contribution < 1.29 is 0 Å². The molecule has 21 heavy (non-hydrogen) atoms. The van der Waals surface area contributed by atoms with E-state index in [2.05, 4.69) is 30.3 Å². The average molecular weight is 282 g/mol. The van der Waals surface area contributed by atoms with Crippen molar-refractivity contribution in [3.05, 3.63) is 53.9 Å². The molecule has 1 N–H and O–H groups in total. The van der Waals surface area contributed by atoms with E-state index in [0.717, 1.165) is 11.3 Å². The van der Waals surface area contributed by atoms with E-state index in [4.69, 9.17) is 0 Å². The Morgan fingerprint density at radius 3 is 2.52 bits per heavy atom. The summed E-state index contributed by atoms with van der Waals surface area (Å²) < 4.78 is 1.94.